The monoisotopic (exact) mass is 263 g/mol. The Morgan fingerprint density at radius 2 is 1.95 bits per heavy atom. The van der Waals surface area contributed by atoms with Crippen molar-refractivity contribution in [3.63, 3.8) is 0 Å². The standard InChI is InChI=1S/C15H21NO3/c1-11(2)15(19)16-9-5-3-4-6-12-7-8-13(17)14(18)10-12/h7-8,10,17-18H,1,3-6,9H2,2H3,(H,16,19). The predicted octanol–water partition coefficient (Wildman–Crippen LogP) is 2.50. The van der Waals surface area contributed by atoms with E-state index in [0.717, 1.165) is 31.2 Å². The molecule has 0 aliphatic carbocycles. The smallest absolute Gasteiger partial charge is 0.246 e. The summed E-state index contributed by atoms with van der Waals surface area (Å²) in [6.45, 7) is 5.92. The Bertz CT molecular complexity index is 455. The van der Waals surface area contributed by atoms with Gasteiger partial charge >= 0.3 is 0 Å². The number of amides is 1. The number of aryl methyl sites for hydroxylation is 1. The second-order valence-corrected chi connectivity index (χ2v) is 4.67. The van der Waals surface area contributed by atoms with Gasteiger partial charge in [-0.05, 0) is 43.9 Å². The van der Waals surface area contributed by atoms with Gasteiger partial charge in [0.25, 0.3) is 0 Å². The number of phenols is 2. The molecule has 0 unspecified atom stereocenters. The van der Waals surface area contributed by atoms with Crippen molar-refractivity contribution in [3.05, 3.63) is 35.9 Å². The molecule has 0 atom stereocenters. The summed E-state index contributed by atoms with van der Waals surface area (Å²) in [6, 6.07) is 4.88. The van der Waals surface area contributed by atoms with Crippen LogP contribution in [0.2, 0.25) is 0 Å². The minimum Gasteiger partial charge on any atom is -0.504 e. The first-order valence-electron chi connectivity index (χ1n) is 6.45. The molecule has 104 valence electrons. The predicted molar refractivity (Wildman–Crippen MR) is 75.2 cm³/mol. The third-order valence-electron chi connectivity index (χ3n) is 2.86. The highest BCUT2D eigenvalue weighted by atomic mass is 16.3. The van der Waals surface area contributed by atoms with Gasteiger partial charge in [0.05, 0.1) is 0 Å². The molecule has 1 amide bonds. The van der Waals surface area contributed by atoms with E-state index >= 15 is 0 Å². The fourth-order valence-corrected chi connectivity index (χ4v) is 1.71. The molecule has 0 radical (unpaired) electrons. The molecule has 0 saturated heterocycles. The van der Waals surface area contributed by atoms with E-state index < -0.39 is 0 Å². The van der Waals surface area contributed by atoms with Crippen molar-refractivity contribution < 1.29 is 15.0 Å². The van der Waals surface area contributed by atoms with Crippen molar-refractivity contribution in [3.8, 4) is 11.5 Å². The number of carbonyl (C=O) groups excluding carboxylic acids is 1. The molecule has 0 aromatic heterocycles. The Labute approximate surface area is 113 Å². The molecule has 1 aromatic rings. The van der Waals surface area contributed by atoms with Gasteiger partial charge in [-0.2, -0.15) is 0 Å². The zero-order chi connectivity index (χ0) is 14.3. The molecule has 0 aliphatic rings. The Morgan fingerprint density at radius 3 is 2.58 bits per heavy atom. The van der Waals surface area contributed by atoms with E-state index in [0.29, 0.717) is 12.1 Å². The molecule has 0 fully saturated rings. The lowest BCUT2D eigenvalue weighted by molar-refractivity contribution is -0.117. The lowest BCUT2D eigenvalue weighted by Crippen LogP contribution is -2.24. The maximum Gasteiger partial charge on any atom is 0.246 e. The van der Waals surface area contributed by atoms with Gasteiger partial charge in [-0.25, -0.2) is 0 Å². The van der Waals surface area contributed by atoms with E-state index in [1.165, 1.54) is 6.07 Å². The van der Waals surface area contributed by atoms with Crippen LogP contribution >= 0.6 is 0 Å². The Hall–Kier alpha value is -1.97. The third kappa shape index (κ3) is 5.46. The van der Waals surface area contributed by atoms with Crippen LogP contribution in [0.1, 0.15) is 31.7 Å². The van der Waals surface area contributed by atoms with E-state index in [2.05, 4.69) is 11.9 Å². The van der Waals surface area contributed by atoms with Crippen molar-refractivity contribution in [2.75, 3.05) is 6.54 Å². The number of nitrogens with one attached hydrogen (secondary N) is 1. The highest BCUT2D eigenvalue weighted by Gasteiger charge is 2.01. The number of benzene rings is 1. The van der Waals surface area contributed by atoms with Crippen LogP contribution in [0.15, 0.2) is 30.4 Å². The fraction of sp³-hybridized carbons (Fsp3) is 0.400. The van der Waals surface area contributed by atoms with Gasteiger partial charge < -0.3 is 15.5 Å². The third-order valence-corrected chi connectivity index (χ3v) is 2.86. The van der Waals surface area contributed by atoms with Gasteiger partial charge in [-0.1, -0.05) is 19.1 Å². The lowest BCUT2D eigenvalue weighted by Gasteiger charge is -2.05. The molecule has 1 rings (SSSR count). The van der Waals surface area contributed by atoms with Gasteiger partial charge in [0, 0.05) is 12.1 Å². The van der Waals surface area contributed by atoms with Crippen LogP contribution in [0.5, 0.6) is 11.5 Å². The quantitative estimate of drug-likeness (QED) is 0.402. The first-order chi connectivity index (χ1) is 9.00. The molecular formula is C15H21NO3. The molecule has 19 heavy (non-hydrogen) atoms. The highest BCUT2D eigenvalue weighted by Crippen LogP contribution is 2.25. The largest absolute Gasteiger partial charge is 0.504 e. The summed E-state index contributed by atoms with van der Waals surface area (Å²) < 4.78 is 0. The summed E-state index contributed by atoms with van der Waals surface area (Å²) >= 11 is 0. The van der Waals surface area contributed by atoms with Crippen molar-refractivity contribution in [1.82, 2.24) is 5.32 Å². The lowest BCUT2D eigenvalue weighted by atomic mass is 10.1. The number of hydrogen-bond donors (Lipinski definition) is 3. The average Bonchev–Trinajstić information content (AvgIpc) is 2.37. The Kier molecular flexibility index (Phi) is 5.93. The number of unbranched alkanes of at least 4 members (excludes halogenated alkanes) is 2. The number of phenolic OH excluding ortho intramolecular Hbond substituents is 2. The van der Waals surface area contributed by atoms with Crippen LogP contribution in [0, 0.1) is 0 Å². The van der Waals surface area contributed by atoms with Gasteiger partial charge in [0.2, 0.25) is 5.91 Å². The first kappa shape index (κ1) is 15.1. The van der Waals surface area contributed by atoms with E-state index in [-0.39, 0.29) is 17.4 Å². The van der Waals surface area contributed by atoms with Crippen molar-refractivity contribution >= 4 is 5.91 Å². The van der Waals surface area contributed by atoms with Crippen molar-refractivity contribution in [2.24, 2.45) is 0 Å². The van der Waals surface area contributed by atoms with Crippen LogP contribution in [0.3, 0.4) is 0 Å². The maximum absolute atomic E-state index is 11.2. The van der Waals surface area contributed by atoms with Crippen LogP contribution in [0.25, 0.3) is 0 Å². The van der Waals surface area contributed by atoms with Gasteiger partial charge in [0.1, 0.15) is 0 Å². The van der Waals surface area contributed by atoms with E-state index in [9.17, 15) is 15.0 Å². The minimum atomic E-state index is -0.0940. The summed E-state index contributed by atoms with van der Waals surface area (Å²) in [7, 11) is 0. The number of aromatic hydroxyl groups is 2. The summed E-state index contributed by atoms with van der Waals surface area (Å²) in [5, 5.41) is 21.3. The van der Waals surface area contributed by atoms with E-state index in [4.69, 9.17) is 0 Å². The molecule has 4 heteroatoms. The highest BCUT2D eigenvalue weighted by molar-refractivity contribution is 5.91. The molecular weight excluding hydrogens is 242 g/mol. The Morgan fingerprint density at radius 1 is 1.21 bits per heavy atom. The number of carbonyl (C=O) groups is 1. The second kappa shape index (κ2) is 7.46. The summed E-state index contributed by atoms with van der Waals surface area (Å²) in [4.78, 5) is 11.2. The topological polar surface area (TPSA) is 69.6 Å². The molecule has 0 bridgehead atoms. The molecule has 4 nitrogen and oxygen atoms in total. The van der Waals surface area contributed by atoms with Gasteiger partial charge in [0.15, 0.2) is 11.5 Å². The molecule has 3 N–H and O–H groups in total. The molecule has 0 aliphatic heterocycles. The normalized spacial score (nSPS) is 10.2. The average molecular weight is 263 g/mol. The number of rotatable bonds is 7. The first-order valence-corrected chi connectivity index (χ1v) is 6.45. The van der Waals surface area contributed by atoms with Crippen LogP contribution in [-0.4, -0.2) is 22.7 Å². The second-order valence-electron chi connectivity index (χ2n) is 4.67. The van der Waals surface area contributed by atoms with Crippen LogP contribution in [-0.2, 0) is 11.2 Å². The van der Waals surface area contributed by atoms with Crippen molar-refractivity contribution in [2.45, 2.75) is 32.6 Å². The Balaban J connectivity index is 2.15. The summed E-state index contributed by atoms with van der Waals surface area (Å²) in [5.41, 5.74) is 1.53. The zero-order valence-electron chi connectivity index (χ0n) is 11.3. The molecule has 0 spiro atoms. The van der Waals surface area contributed by atoms with Crippen molar-refractivity contribution in [1.29, 1.82) is 0 Å². The van der Waals surface area contributed by atoms with Gasteiger partial charge in [-0.15, -0.1) is 0 Å². The van der Waals surface area contributed by atoms with Crippen LogP contribution in [0.4, 0.5) is 0 Å². The number of hydrogen-bond acceptors (Lipinski definition) is 3. The molecule has 0 saturated carbocycles. The maximum atomic E-state index is 11.2. The summed E-state index contributed by atoms with van der Waals surface area (Å²) in [6.07, 6.45) is 3.75. The van der Waals surface area contributed by atoms with Crippen LogP contribution < -0.4 is 5.32 Å². The van der Waals surface area contributed by atoms with E-state index in [1.54, 1.807) is 19.1 Å². The fourth-order valence-electron chi connectivity index (χ4n) is 1.71. The van der Waals surface area contributed by atoms with E-state index in [1.807, 2.05) is 0 Å². The summed E-state index contributed by atoms with van der Waals surface area (Å²) in [5.74, 6) is -0.263. The zero-order valence-corrected chi connectivity index (χ0v) is 11.3. The molecule has 0 heterocycles. The van der Waals surface area contributed by atoms with Gasteiger partial charge in [-0.3, -0.25) is 4.79 Å². The SMILES string of the molecule is C=C(C)C(=O)NCCCCCc1ccc(O)c(O)c1. The molecule has 1 aromatic carbocycles. The minimum absolute atomic E-state index is 0.0776.